The van der Waals surface area contributed by atoms with E-state index >= 15 is 0 Å². The van der Waals surface area contributed by atoms with Gasteiger partial charge in [0.15, 0.2) is 0 Å². The van der Waals surface area contributed by atoms with Crippen molar-refractivity contribution in [3.63, 3.8) is 0 Å². The maximum Gasteiger partial charge on any atom is 0.134 e. The normalized spacial score (nSPS) is 14.0. The number of ether oxygens (including phenoxy) is 1. The molecule has 0 radical (unpaired) electrons. The molecule has 2 atom stereocenters. The predicted molar refractivity (Wildman–Crippen MR) is 89.9 cm³/mol. The van der Waals surface area contributed by atoms with Gasteiger partial charge in [-0.1, -0.05) is 42.5 Å². The third kappa shape index (κ3) is 3.26. The minimum absolute atomic E-state index is 0.0100. The Morgan fingerprint density at radius 3 is 2.62 bits per heavy atom. The van der Waals surface area contributed by atoms with Crippen LogP contribution >= 0.6 is 11.3 Å². The lowest BCUT2D eigenvalue weighted by Gasteiger charge is -2.21. The van der Waals surface area contributed by atoms with Crippen molar-refractivity contribution < 1.29 is 4.74 Å². The summed E-state index contributed by atoms with van der Waals surface area (Å²) >= 11 is 1.72. The number of hydrogen-bond donors (Lipinski definition) is 1. The number of fused-ring (bicyclic) bond motifs is 1. The predicted octanol–water partition coefficient (Wildman–Crippen LogP) is 4.76. The van der Waals surface area contributed by atoms with Gasteiger partial charge in [0.05, 0.1) is 0 Å². The molecule has 0 aliphatic heterocycles. The first-order valence-electron chi connectivity index (χ1n) is 7.17. The van der Waals surface area contributed by atoms with Gasteiger partial charge < -0.3 is 10.5 Å². The molecule has 0 aliphatic rings. The molecule has 1 aromatic heterocycles. The summed E-state index contributed by atoms with van der Waals surface area (Å²) in [6.45, 7) is 2.02. The van der Waals surface area contributed by atoms with E-state index in [0.717, 1.165) is 17.6 Å². The molecule has 108 valence electrons. The zero-order chi connectivity index (χ0) is 14.7. The van der Waals surface area contributed by atoms with Gasteiger partial charge in [0.2, 0.25) is 0 Å². The molecule has 1 heterocycles. The Bertz CT molecular complexity index is 701. The van der Waals surface area contributed by atoms with E-state index in [1.165, 1.54) is 10.3 Å². The molecule has 2 aromatic carbocycles. The lowest BCUT2D eigenvalue weighted by Crippen LogP contribution is -2.21. The number of nitrogens with two attached hydrogens (primary N) is 1. The number of hydrogen-bond acceptors (Lipinski definition) is 3. The molecule has 3 heteroatoms. The number of rotatable bonds is 5. The van der Waals surface area contributed by atoms with E-state index < -0.39 is 0 Å². The van der Waals surface area contributed by atoms with Crippen LogP contribution in [0.25, 0.3) is 10.8 Å². The van der Waals surface area contributed by atoms with Crippen LogP contribution in [-0.4, -0.2) is 6.04 Å². The first-order valence-corrected chi connectivity index (χ1v) is 8.05. The molecule has 3 rings (SSSR count). The van der Waals surface area contributed by atoms with Gasteiger partial charge in [-0.25, -0.2) is 0 Å². The van der Waals surface area contributed by atoms with E-state index in [2.05, 4.69) is 35.7 Å². The van der Waals surface area contributed by atoms with Crippen LogP contribution < -0.4 is 10.5 Å². The van der Waals surface area contributed by atoms with Gasteiger partial charge in [0.1, 0.15) is 11.9 Å². The topological polar surface area (TPSA) is 35.2 Å². The molecule has 0 aliphatic carbocycles. The fourth-order valence-corrected chi connectivity index (χ4v) is 3.25. The van der Waals surface area contributed by atoms with Crippen LogP contribution in [0.5, 0.6) is 5.75 Å². The largest absolute Gasteiger partial charge is 0.484 e. The fraction of sp³-hybridized carbons (Fsp3) is 0.222. The van der Waals surface area contributed by atoms with Gasteiger partial charge in [-0.05, 0) is 29.8 Å². The lowest BCUT2D eigenvalue weighted by atomic mass is 10.1. The van der Waals surface area contributed by atoms with E-state index in [-0.39, 0.29) is 12.1 Å². The third-order valence-corrected chi connectivity index (χ3v) is 4.43. The van der Waals surface area contributed by atoms with Crippen molar-refractivity contribution in [3.8, 4) is 5.75 Å². The van der Waals surface area contributed by atoms with Crippen molar-refractivity contribution in [2.75, 3.05) is 0 Å². The van der Waals surface area contributed by atoms with Crippen LogP contribution in [-0.2, 0) is 0 Å². The Hall–Kier alpha value is -1.84. The summed E-state index contributed by atoms with van der Waals surface area (Å²) in [5, 5.41) is 4.42. The highest BCUT2D eigenvalue weighted by atomic mass is 32.1. The molecule has 21 heavy (non-hydrogen) atoms. The lowest BCUT2D eigenvalue weighted by molar-refractivity contribution is 0.193. The van der Waals surface area contributed by atoms with E-state index in [1.807, 2.05) is 31.2 Å². The number of benzene rings is 2. The molecular formula is C18H19NOS. The summed E-state index contributed by atoms with van der Waals surface area (Å²) in [4.78, 5) is 1.22. The van der Waals surface area contributed by atoms with Crippen molar-refractivity contribution >= 4 is 22.1 Å². The smallest absolute Gasteiger partial charge is 0.134 e. The van der Waals surface area contributed by atoms with Gasteiger partial charge >= 0.3 is 0 Å². The second-order valence-electron chi connectivity index (χ2n) is 5.31. The van der Waals surface area contributed by atoms with Crippen molar-refractivity contribution in [3.05, 3.63) is 64.9 Å². The summed E-state index contributed by atoms with van der Waals surface area (Å²) in [6, 6.07) is 18.7. The van der Waals surface area contributed by atoms with Gasteiger partial charge in [-0.3, -0.25) is 0 Å². The molecule has 0 spiro atoms. The molecule has 2 nitrogen and oxygen atoms in total. The first-order chi connectivity index (χ1) is 10.2. The monoisotopic (exact) mass is 297 g/mol. The highest BCUT2D eigenvalue weighted by molar-refractivity contribution is 7.10. The van der Waals surface area contributed by atoms with Gasteiger partial charge in [-0.15, -0.1) is 11.3 Å². The Morgan fingerprint density at radius 2 is 1.86 bits per heavy atom. The summed E-state index contributed by atoms with van der Waals surface area (Å²) < 4.78 is 6.31. The second-order valence-corrected chi connectivity index (χ2v) is 6.29. The van der Waals surface area contributed by atoms with Crippen LogP contribution in [0.1, 0.15) is 24.3 Å². The van der Waals surface area contributed by atoms with E-state index in [4.69, 9.17) is 10.5 Å². The minimum Gasteiger partial charge on any atom is -0.484 e. The Labute approximate surface area is 129 Å². The van der Waals surface area contributed by atoms with Crippen LogP contribution in [0.4, 0.5) is 0 Å². The van der Waals surface area contributed by atoms with Crippen molar-refractivity contribution in [2.24, 2.45) is 5.73 Å². The van der Waals surface area contributed by atoms with E-state index in [0.29, 0.717) is 0 Å². The summed E-state index contributed by atoms with van der Waals surface area (Å²) in [6.07, 6.45) is 0.819. The van der Waals surface area contributed by atoms with Crippen molar-refractivity contribution in [1.82, 2.24) is 0 Å². The third-order valence-electron chi connectivity index (χ3n) is 3.47. The Morgan fingerprint density at radius 1 is 1.05 bits per heavy atom. The maximum absolute atomic E-state index is 6.31. The van der Waals surface area contributed by atoms with Crippen LogP contribution in [0.15, 0.2) is 60.0 Å². The highest BCUT2D eigenvalue weighted by Crippen LogP contribution is 2.33. The quantitative estimate of drug-likeness (QED) is 0.737. The fourth-order valence-electron chi connectivity index (χ4n) is 2.49. The van der Waals surface area contributed by atoms with Crippen LogP contribution in [0.3, 0.4) is 0 Å². The Balaban J connectivity index is 1.94. The molecule has 0 bridgehead atoms. The van der Waals surface area contributed by atoms with Crippen LogP contribution in [0.2, 0.25) is 0 Å². The molecule has 1 unspecified atom stereocenters. The van der Waals surface area contributed by atoms with Gasteiger partial charge in [0, 0.05) is 22.7 Å². The van der Waals surface area contributed by atoms with E-state index in [9.17, 15) is 0 Å². The van der Waals surface area contributed by atoms with E-state index in [1.54, 1.807) is 11.3 Å². The average Bonchev–Trinajstić information content (AvgIpc) is 3.01. The molecule has 2 N–H and O–H groups in total. The average molecular weight is 297 g/mol. The molecule has 0 amide bonds. The van der Waals surface area contributed by atoms with Crippen molar-refractivity contribution in [1.29, 1.82) is 0 Å². The summed E-state index contributed by atoms with van der Waals surface area (Å²) in [5.74, 6) is 0.923. The van der Waals surface area contributed by atoms with Gasteiger partial charge in [-0.2, -0.15) is 0 Å². The second kappa shape index (κ2) is 6.29. The molecule has 0 saturated heterocycles. The van der Waals surface area contributed by atoms with Crippen LogP contribution in [0, 0.1) is 0 Å². The Kier molecular flexibility index (Phi) is 4.23. The molecule has 0 saturated carbocycles. The maximum atomic E-state index is 6.31. The first kappa shape index (κ1) is 14.1. The highest BCUT2D eigenvalue weighted by Gasteiger charge is 2.17. The SMILES string of the molecule is CC(N)C[C@H](Oc1cccc2ccccc12)c1cccs1. The zero-order valence-electron chi connectivity index (χ0n) is 12.0. The molecule has 0 fully saturated rings. The zero-order valence-corrected chi connectivity index (χ0v) is 12.8. The number of thiophene rings is 1. The molecular weight excluding hydrogens is 278 g/mol. The van der Waals surface area contributed by atoms with Crippen molar-refractivity contribution in [2.45, 2.75) is 25.5 Å². The minimum atomic E-state index is 0.0100. The molecule has 3 aromatic rings. The summed E-state index contributed by atoms with van der Waals surface area (Å²) in [7, 11) is 0. The summed E-state index contributed by atoms with van der Waals surface area (Å²) in [5.41, 5.74) is 5.99. The van der Waals surface area contributed by atoms with Gasteiger partial charge in [0.25, 0.3) is 0 Å². The standard InChI is InChI=1S/C18H19NOS/c1-13(19)12-17(18-10-5-11-21-18)20-16-9-4-7-14-6-2-3-8-15(14)16/h2-11,13,17H,12,19H2,1H3/t13?,17-/m0/s1.